The van der Waals surface area contributed by atoms with E-state index in [0.29, 0.717) is 34.6 Å². The summed E-state index contributed by atoms with van der Waals surface area (Å²) in [6.45, 7) is 5.03. The van der Waals surface area contributed by atoms with Crippen LogP contribution in [0, 0.1) is 28.6 Å². The summed E-state index contributed by atoms with van der Waals surface area (Å²) in [6.07, 6.45) is 0.840. The number of nitriles is 2. The fourth-order valence-electron chi connectivity index (χ4n) is 3.78. The first-order valence-electron chi connectivity index (χ1n) is 9.84. The van der Waals surface area contributed by atoms with E-state index in [1.54, 1.807) is 6.92 Å². The molecule has 1 aromatic carbocycles. The van der Waals surface area contributed by atoms with Gasteiger partial charge in [-0.05, 0) is 58.6 Å². The Labute approximate surface area is 175 Å². The van der Waals surface area contributed by atoms with Crippen LogP contribution < -0.4 is 5.32 Å². The zero-order valence-corrected chi connectivity index (χ0v) is 17.7. The maximum absolute atomic E-state index is 12.7. The van der Waals surface area contributed by atoms with Gasteiger partial charge in [0.05, 0.1) is 34.8 Å². The smallest absolute Gasteiger partial charge is 0.272 e. The third-order valence-corrected chi connectivity index (χ3v) is 5.32. The number of aromatic nitrogens is 2. The molecule has 0 saturated carbocycles. The molecule has 154 valence electrons. The van der Waals surface area contributed by atoms with Crippen molar-refractivity contribution in [1.82, 2.24) is 20.4 Å². The molecule has 30 heavy (non-hydrogen) atoms. The van der Waals surface area contributed by atoms with E-state index in [4.69, 9.17) is 0 Å². The molecule has 0 aliphatic carbocycles. The van der Waals surface area contributed by atoms with Crippen molar-refractivity contribution in [2.45, 2.75) is 26.2 Å². The number of fused-ring (bicyclic) bond motifs is 1. The number of benzene rings is 1. The number of nitrogens with zero attached hydrogens (tertiary/aromatic N) is 5. The lowest BCUT2D eigenvalue weighted by atomic mass is 9.76. The second-order valence-corrected chi connectivity index (χ2v) is 7.74. The first-order valence-corrected chi connectivity index (χ1v) is 9.84. The monoisotopic (exact) mass is 403 g/mol. The van der Waals surface area contributed by atoms with Gasteiger partial charge in [0.15, 0.2) is 5.69 Å². The van der Waals surface area contributed by atoms with E-state index in [1.165, 1.54) is 0 Å². The summed E-state index contributed by atoms with van der Waals surface area (Å²) in [7, 11) is 3.98. The Balaban J connectivity index is 1.94. The highest BCUT2D eigenvalue weighted by molar-refractivity contribution is 6.05. The van der Waals surface area contributed by atoms with E-state index >= 15 is 0 Å². The number of amides is 1. The Kier molecular flexibility index (Phi) is 6.29. The van der Waals surface area contributed by atoms with Crippen molar-refractivity contribution in [2.75, 3.05) is 27.2 Å². The van der Waals surface area contributed by atoms with Crippen molar-refractivity contribution < 1.29 is 4.79 Å². The highest BCUT2D eigenvalue weighted by Crippen LogP contribution is 2.39. The minimum Gasteiger partial charge on any atom is -0.351 e. The van der Waals surface area contributed by atoms with Gasteiger partial charge in [-0.1, -0.05) is 6.07 Å². The number of H-pyrrole nitrogens is 1. The van der Waals surface area contributed by atoms with Gasteiger partial charge in [0, 0.05) is 23.6 Å². The predicted molar refractivity (Wildman–Crippen MR) is 115 cm³/mol. The molecule has 1 amide bonds. The molecular formula is C22H25N7O. The zero-order valence-electron chi connectivity index (χ0n) is 17.7. The molecule has 8 heteroatoms. The standard InChI is InChI=1S/C22H25N7O/c1-13-17(11-23)20(18(12-24)14(2)26-13)15-6-7-19-16(10-15)21(28-27-19)22(30)25-8-5-9-29(3)4/h6-7,10,17,20H,5,8-9H2,1-4H3,(H,25,30)(H,27,28). The number of carbonyl (C=O) groups excluding carboxylic acids is 1. The molecule has 0 saturated heterocycles. The molecule has 3 rings (SSSR count). The summed E-state index contributed by atoms with van der Waals surface area (Å²) in [5.41, 5.74) is 3.62. The van der Waals surface area contributed by atoms with Crippen molar-refractivity contribution >= 4 is 22.5 Å². The second kappa shape index (κ2) is 8.89. The van der Waals surface area contributed by atoms with Crippen LogP contribution in [-0.4, -0.2) is 53.9 Å². The molecule has 0 fully saturated rings. The van der Waals surface area contributed by atoms with Crippen LogP contribution in [0.3, 0.4) is 0 Å². The van der Waals surface area contributed by atoms with E-state index in [2.05, 4.69) is 37.5 Å². The number of hydrogen-bond donors (Lipinski definition) is 2. The molecule has 1 aliphatic heterocycles. The predicted octanol–water partition coefficient (Wildman–Crippen LogP) is 2.74. The number of aliphatic imine (C=N–C) groups is 1. The van der Waals surface area contributed by atoms with E-state index in [0.717, 1.165) is 24.0 Å². The zero-order chi connectivity index (χ0) is 21.8. The molecule has 0 bridgehead atoms. The van der Waals surface area contributed by atoms with Gasteiger partial charge in [0.25, 0.3) is 5.91 Å². The Morgan fingerprint density at radius 1 is 1.30 bits per heavy atom. The summed E-state index contributed by atoms with van der Waals surface area (Å²) in [6, 6.07) is 10.1. The number of rotatable bonds is 6. The van der Waals surface area contributed by atoms with Crippen molar-refractivity contribution in [2.24, 2.45) is 10.9 Å². The van der Waals surface area contributed by atoms with Crippen LogP contribution >= 0.6 is 0 Å². The SMILES string of the molecule is CC1=NC(C)=C(C#N)C(c2ccc3[nH]nc(C(=O)NCCCN(C)C)c3c2)C1C#N. The summed E-state index contributed by atoms with van der Waals surface area (Å²) in [5, 5.41) is 30.1. The summed E-state index contributed by atoms with van der Waals surface area (Å²) < 4.78 is 0. The maximum atomic E-state index is 12.7. The van der Waals surface area contributed by atoms with Crippen LogP contribution in [-0.2, 0) is 0 Å². The normalized spacial score (nSPS) is 18.8. The summed E-state index contributed by atoms with van der Waals surface area (Å²) in [4.78, 5) is 19.1. The number of carbonyl (C=O) groups is 1. The van der Waals surface area contributed by atoms with Gasteiger partial charge in [-0.25, -0.2) is 0 Å². The first-order chi connectivity index (χ1) is 14.4. The Bertz CT molecular complexity index is 1110. The van der Waals surface area contributed by atoms with E-state index in [1.807, 2.05) is 39.2 Å². The molecular weight excluding hydrogens is 378 g/mol. The minimum absolute atomic E-state index is 0.248. The van der Waals surface area contributed by atoms with Crippen molar-refractivity contribution in [3.8, 4) is 12.1 Å². The number of aromatic amines is 1. The van der Waals surface area contributed by atoms with Crippen LogP contribution in [0.5, 0.6) is 0 Å². The molecule has 2 aromatic rings. The highest BCUT2D eigenvalue weighted by Gasteiger charge is 2.34. The van der Waals surface area contributed by atoms with E-state index < -0.39 is 11.8 Å². The fourth-order valence-corrected chi connectivity index (χ4v) is 3.78. The van der Waals surface area contributed by atoms with E-state index in [-0.39, 0.29) is 5.91 Å². The molecule has 0 spiro atoms. The van der Waals surface area contributed by atoms with Crippen molar-refractivity contribution in [3.05, 3.63) is 40.7 Å². The lowest BCUT2D eigenvalue weighted by molar-refractivity contribution is 0.0949. The Morgan fingerprint density at radius 2 is 2.07 bits per heavy atom. The first kappa shape index (κ1) is 21.2. The topological polar surface area (TPSA) is 121 Å². The van der Waals surface area contributed by atoms with Gasteiger partial charge >= 0.3 is 0 Å². The molecule has 2 unspecified atom stereocenters. The summed E-state index contributed by atoms with van der Waals surface area (Å²) in [5.74, 6) is -1.20. The lowest BCUT2D eigenvalue weighted by Gasteiger charge is -2.26. The quantitative estimate of drug-likeness (QED) is 0.718. The lowest BCUT2D eigenvalue weighted by Crippen LogP contribution is -2.27. The van der Waals surface area contributed by atoms with Gasteiger partial charge in [-0.2, -0.15) is 15.6 Å². The summed E-state index contributed by atoms with van der Waals surface area (Å²) >= 11 is 0. The van der Waals surface area contributed by atoms with Crippen LogP contribution in [0.1, 0.15) is 42.2 Å². The fraction of sp³-hybridized carbons (Fsp3) is 0.409. The van der Waals surface area contributed by atoms with Gasteiger partial charge in [0.2, 0.25) is 0 Å². The maximum Gasteiger partial charge on any atom is 0.272 e. The van der Waals surface area contributed by atoms with Gasteiger partial charge in [-0.3, -0.25) is 14.9 Å². The molecule has 1 aromatic heterocycles. The average Bonchev–Trinajstić information content (AvgIpc) is 3.13. The largest absolute Gasteiger partial charge is 0.351 e. The van der Waals surface area contributed by atoms with Gasteiger partial charge < -0.3 is 10.2 Å². The Hall–Kier alpha value is -3.49. The number of allylic oxidation sites excluding steroid dienone is 2. The molecule has 1 aliphatic rings. The van der Waals surface area contributed by atoms with Crippen LogP contribution in [0.15, 0.2) is 34.5 Å². The number of nitrogens with one attached hydrogen (secondary N) is 2. The molecule has 2 N–H and O–H groups in total. The molecule has 2 atom stereocenters. The molecule has 8 nitrogen and oxygen atoms in total. The Morgan fingerprint density at radius 3 is 2.73 bits per heavy atom. The second-order valence-electron chi connectivity index (χ2n) is 7.74. The van der Waals surface area contributed by atoms with Crippen molar-refractivity contribution in [3.63, 3.8) is 0 Å². The average molecular weight is 403 g/mol. The van der Waals surface area contributed by atoms with Gasteiger partial charge in [0.1, 0.15) is 0 Å². The molecule has 0 radical (unpaired) electrons. The van der Waals surface area contributed by atoms with Crippen LogP contribution in [0.4, 0.5) is 0 Å². The third kappa shape index (κ3) is 4.10. The van der Waals surface area contributed by atoms with Crippen LogP contribution in [0.25, 0.3) is 10.9 Å². The number of hydrogen-bond acceptors (Lipinski definition) is 6. The molecule has 2 heterocycles. The van der Waals surface area contributed by atoms with Crippen LogP contribution in [0.2, 0.25) is 0 Å². The van der Waals surface area contributed by atoms with E-state index in [9.17, 15) is 15.3 Å². The third-order valence-electron chi connectivity index (χ3n) is 5.32. The van der Waals surface area contributed by atoms with Gasteiger partial charge in [-0.15, -0.1) is 0 Å². The minimum atomic E-state index is -0.531. The van der Waals surface area contributed by atoms with Crippen molar-refractivity contribution in [1.29, 1.82) is 10.5 Å². The highest BCUT2D eigenvalue weighted by atomic mass is 16.1.